The topological polar surface area (TPSA) is 105 Å². The van der Waals surface area contributed by atoms with Gasteiger partial charge in [-0.3, -0.25) is 10.1 Å². The maximum atomic E-state index is 11.8. The van der Waals surface area contributed by atoms with E-state index in [2.05, 4.69) is 0 Å². The van der Waals surface area contributed by atoms with Crippen molar-refractivity contribution in [1.82, 2.24) is 0 Å². The third-order valence-electron chi connectivity index (χ3n) is 4.65. The third-order valence-corrected chi connectivity index (χ3v) is 4.65. The largest absolute Gasteiger partial charge is 0.612 e. The van der Waals surface area contributed by atoms with Crippen molar-refractivity contribution in [2.45, 2.75) is 5.72 Å². The van der Waals surface area contributed by atoms with Crippen LogP contribution in [0.2, 0.25) is 0 Å². The minimum Gasteiger partial charge on any atom is -0.612 e. The Morgan fingerprint density at radius 2 is 1.88 bits per heavy atom. The molecule has 4 rings (SSSR count). The van der Waals surface area contributed by atoms with Gasteiger partial charge in [-0.25, -0.2) is 0 Å². The highest BCUT2D eigenvalue weighted by molar-refractivity contribution is 6.09. The van der Waals surface area contributed by atoms with Gasteiger partial charge in [-0.05, 0) is 18.2 Å². The molecule has 0 unspecified atom stereocenters. The molecule has 8 heteroatoms. The summed E-state index contributed by atoms with van der Waals surface area (Å²) in [6.07, 6.45) is 9.89. The van der Waals surface area contributed by atoms with Crippen LogP contribution in [-0.4, -0.2) is 32.9 Å². The number of fused-ring (bicyclic) bond motifs is 3. The predicted molar refractivity (Wildman–Crippen MR) is 92.9 cm³/mol. The molecular formula is C18H13N3O5. The van der Waals surface area contributed by atoms with E-state index in [0.29, 0.717) is 22.6 Å². The second-order valence-electron chi connectivity index (χ2n) is 5.94. The molecular weight excluding hydrogens is 338 g/mol. The van der Waals surface area contributed by atoms with Crippen molar-refractivity contribution in [2.24, 2.45) is 0 Å². The average Bonchev–Trinajstić information content (AvgIpc) is 2.77. The Labute approximate surface area is 148 Å². The fourth-order valence-electron chi connectivity index (χ4n) is 3.51. The van der Waals surface area contributed by atoms with Crippen LogP contribution >= 0.6 is 0 Å². The lowest BCUT2D eigenvalue weighted by atomic mass is 9.86. The third kappa shape index (κ3) is 1.95. The van der Waals surface area contributed by atoms with E-state index in [1.165, 1.54) is 0 Å². The van der Waals surface area contributed by atoms with E-state index in [9.17, 15) is 20.5 Å². The zero-order valence-corrected chi connectivity index (χ0v) is 13.7. The van der Waals surface area contributed by atoms with Gasteiger partial charge in [0.05, 0.1) is 22.1 Å². The number of rotatable bonds is 1. The molecule has 8 nitrogen and oxygen atoms in total. The highest BCUT2D eigenvalue weighted by Gasteiger charge is 2.65. The van der Waals surface area contributed by atoms with Gasteiger partial charge in [-0.1, -0.05) is 30.4 Å². The lowest BCUT2D eigenvalue weighted by Gasteiger charge is -2.27. The van der Waals surface area contributed by atoms with E-state index in [1.54, 1.807) is 60.2 Å². The van der Waals surface area contributed by atoms with Gasteiger partial charge in [-0.2, -0.15) is 9.48 Å². The highest BCUT2D eigenvalue weighted by atomic mass is 16.8. The van der Waals surface area contributed by atoms with Crippen LogP contribution in [0.15, 0.2) is 72.2 Å². The minimum absolute atomic E-state index is 0.298. The first-order valence-corrected chi connectivity index (χ1v) is 7.80. The van der Waals surface area contributed by atoms with E-state index in [-0.39, 0.29) is 5.71 Å². The first kappa shape index (κ1) is 15.8. The Morgan fingerprint density at radius 1 is 1.12 bits per heavy atom. The van der Waals surface area contributed by atoms with Crippen LogP contribution in [-0.2, 0) is 10.5 Å². The van der Waals surface area contributed by atoms with Gasteiger partial charge in [0, 0.05) is 6.08 Å². The summed E-state index contributed by atoms with van der Waals surface area (Å²) >= 11 is 0. The summed E-state index contributed by atoms with van der Waals surface area (Å²) in [6.45, 7) is 0. The molecule has 0 aromatic heterocycles. The fraction of sp³-hybridized carbons (Fsp3) is 0.111. The van der Waals surface area contributed by atoms with Gasteiger partial charge < -0.3 is 15.2 Å². The first-order chi connectivity index (χ1) is 12.5. The van der Waals surface area contributed by atoms with Crippen molar-refractivity contribution >= 4 is 11.4 Å². The summed E-state index contributed by atoms with van der Waals surface area (Å²) in [5.41, 5.74) is -0.979. The zero-order valence-electron chi connectivity index (χ0n) is 13.7. The molecule has 3 aliphatic rings. The van der Waals surface area contributed by atoms with Crippen molar-refractivity contribution in [2.75, 3.05) is 7.05 Å². The number of ether oxygens (including phenoxy) is 1. The Bertz CT molecular complexity index is 1030. The van der Waals surface area contributed by atoms with E-state index >= 15 is 0 Å². The van der Waals surface area contributed by atoms with Crippen molar-refractivity contribution in [3.05, 3.63) is 104 Å². The quantitative estimate of drug-likeness (QED) is 0.333. The fourth-order valence-corrected chi connectivity index (χ4v) is 3.51. The molecule has 0 radical (unpaired) electrons. The summed E-state index contributed by atoms with van der Waals surface area (Å²) in [4.78, 5) is 10.6. The number of benzene rings is 1. The Kier molecular flexibility index (Phi) is 3.30. The minimum atomic E-state index is -1.57. The monoisotopic (exact) mass is 351 g/mol. The summed E-state index contributed by atoms with van der Waals surface area (Å²) in [6, 6.07) is 6.53. The number of allylic oxidation sites excluding steroid dienone is 6. The van der Waals surface area contributed by atoms with Gasteiger partial charge >= 0.3 is 11.4 Å². The molecule has 0 bridgehead atoms. The molecule has 0 amide bonds. The van der Waals surface area contributed by atoms with Crippen molar-refractivity contribution in [3.8, 4) is 0 Å². The van der Waals surface area contributed by atoms with Gasteiger partial charge in [0.15, 0.2) is 5.76 Å². The van der Waals surface area contributed by atoms with Crippen LogP contribution < -0.4 is 0 Å². The molecule has 0 saturated heterocycles. The summed E-state index contributed by atoms with van der Waals surface area (Å²) < 4.78 is 7.76. The maximum absolute atomic E-state index is 11.8. The predicted octanol–water partition coefficient (Wildman–Crippen LogP) is 1.93. The van der Waals surface area contributed by atoms with Gasteiger partial charge in [-0.15, -0.1) is 0 Å². The van der Waals surface area contributed by atoms with Crippen LogP contribution in [0.25, 0.3) is 0 Å². The standard InChI is InChI=1S/C18H13N3O5/c1-19-14-9-3-2-4-10-16(14)26-18(19)13-8-6-5-7-12(13)15(20(22)23)11-17(18)21(24)25/h2-11H,1H3/t18-/m0/s1. The molecule has 130 valence electrons. The number of likely N-dealkylation sites (N-methyl/N-ethyl adjacent to an activating group) is 1. The molecule has 1 spiro atoms. The second-order valence-corrected chi connectivity index (χ2v) is 5.94. The van der Waals surface area contributed by atoms with Crippen molar-refractivity contribution in [3.63, 3.8) is 0 Å². The highest BCUT2D eigenvalue weighted by Crippen LogP contribution is 2.45. The van der Waals surface area contributed by atoms with Crippen LogP contribution in [0, 0.1) is 20.5 Å². The number of hydrogen-bond acceptors (Lipinski definition) is 5. The Balaban J connectivity index is 2.09. The molecule has 1 aliphatic heterocycles. The molecule has 1 heterocycles. The zero-order chi connectivity index (χ0) is 18.5. The number of hydrogen-bond donors (Lipinski definition) is 0. The molecule has 0 saturated carbocycles. The van der Waals surface area contributed by atoms with Crippen molar-refractivity contribution in [1.29, 1.82) is 0 Å². The number of nitro groups is 1. The molecule has 1 atom stereocenters. The Morgan fingerprint density at radius 3 is 2.62 bits per heavy atom. The maximum Gasteiger partial charge on any atom is 0.428 e. The molecule has 2 aliphatic carbocycles. The van der Waals surface area contributed by atoms with Gasteiger partial charge in [0.1, 0.15) is 7.05 Å². The average molecular weight is 351 g/mol. The van der Waals surface area contributed by atoms with E-state index in [1.807, 2.05) is 6.08 Å². The van der Waals surface area contributed by atoms with Gasteiger partial charge in [0.25, 0.3) is 0 Å². The summed E-state index contributed by atoms with van der Waals surface area (Å²) in [5, 5.41) is 34.8. The molecule has 26 heavy (non-hydrogen) atoms. The van der Waals surface area contributed by atoms with E-state index in [4.69, 9.17) is 4.74 Å². The van der Waals surface area contributed by atoms with Crippen molar-refractivity contribution < 1.29 is 19.1 Å². The Hall–Kier alpha value is -3.68. The van der Waals surface area contributed by atoms with E-state index < -0.39 is 21.2 Å². The van der Waals surface area contributed by atoms with Crippen LogP contribution in [0.3, 0.4) is 0 Å². The van der Waals surface area contributed by atoms with E-state index in [0.717, 1.165) is 6.08 Å². The SMILES string of the molecule is C[N+]1=C2C=CC=CC=C2O[C@@]12C([N+](=O)[O-])=CC(=[N+]([O-])[O-])c1ccccc12. The second kappa shape index (κ2) is 5.41. The lowest BCUT2D eigenvalue weighted by Crippen LogP contribution is -2.45. The summed E-state index contributed by atoms with van der Waals surface area (Å²) in [7, 11) is 1.68. The lowest BCUT2D eigenvalue weighted by molar-refractivity contribution is -0.652. The van der Waals surface area contributed by atoms with Gasteiger partial charge in [0.2, 0.25) is 11.4 Å². The number of nitrogens with zero attached hydrogens (tertiary/aromatic N) is 3. The smallest absolute Gasteiger partial charge is 0.428 e. The first-order valence-electron chi connectivity index (χ1n) is 7.80. The van der Waals surface area contributed by atoms with Crippen LogP contribution in [0.5, 0.6) is 0 Å². The van der Waals surface area contributed by atoms with Crippen LogP contribution in [0.4, 0.5) is 0 Å². The summed E-state index contributed by atoms with van der Waals surface area (Å²) in [5.74, 6) is 0.463. The molecule has 0 fully saturated rings. The normalized spacial score (nSPS) is 23.0. The molecule has 1 aromatic rings. The molecule has 1 aromatic carbocycles. The van der Waals surface area contributed by atoms with Crippen LogP contribution in [0.1, 0.15) is 11.1 Å². The molecule has 0 N–H and O–H groups in total.